The average Bonchev–Trinajstić information content (AvgIpc) is 3.03. The van der Waals surface area contributed by atoms with Crippen molar-refractivity contribution in [3.8, 4) is 5.69 Å². The molecule has 6 heteroatoms. The summed E-state index contributed by atoms with van der Waals surface area (Å²) in [6, 6.07) is 13.4. The summed E-state index contributed by atoms with van der Waals surface area (Å²) in [5, 5.41) is 4.74. The third-order valence-electron chi connectivity index (χ3n) is 5.00. The van der Waals surface area contributed by atoms with E-state index in [1.807, 2.05) is 53.8 Å². The number of hydrogen-bond donors (Lipinski definition) is 0. The zero-order chi connectivity index (χ0) is 18.8. The first-order valence-corrected chi connectivity index (χ1v) is 9.07. The molecule has 1 fully saturated rings. The quantitative estimate of drug-likeness (QED) is 0.718. The molecule has 3 heterocycles. The molecule has 6 nitrogen and oxygen atoms in total. The van der Waals surface area contributed by atoms with Crippen molar-refractivity contribution < 1.29 is 9.53 Å². The summed E-state index contributed by atoms with van der Waals surface area (Å²) in [7, 11) is 0. The van der Waals surface area contributed by atoms with Crippen molar-refractivity contribution in [2.45, 2.75) is 19.9 Å². The van der Waals surface area contributed by atoms with E-state index < -0.39 is 0 Å². The highest BCUT2D eigenvalue weighted by Crippen LogP contribution is 2.31. The second kappa shape index (κ2) is 7.32. The van der Waals surface area contributed by atoms with Crippen LogP contribution in [0.1, 0.15) is 33.4 Å². The van der Waals surface area contributed by atoms with Gasteiger partial charge in [-0.1, -0.05) is 18.2 Å². The Balaban J connectivity index is 1.73. The van der Waals surface area contributed by atoms with Crippen LogP contribution in [0.25, 0.3) is 5.69 Å². The first-order valence-electron chi connectivity index (χ1n) is 9.07. The first kappa shape index (κ1) is 17.4. The lowest BCUT2D eigenvalue weighted by molar-refractivity contribution is -0.00304. The second-order valence-corrected chi connectivity index (χ2v) is 6.66. The van der Waals surface area contributed by atoms with Crippen molar-refractivity contribution in [1.29, 1.82) is 0 Å². The van der Waals surface area contributed by atoms with Crippen molar-refractivity contribution in [2.75, 3.05) is 19.8 Å². The number of nitrogens with zero attached hydrogens (tertiary/aromatic N) is 4. The van der Waals surface area contributed by atoms with E-state index in [2.05, 4.69) is 4.98 Å². The van der Waals surface area contributed by atoms with E-state index in [4.69, 9.17) is 9.84 Å². The van der Waals surface area contributed by atoms with Gasteiger partial charge in [-0.05, 0) is 38.1 Å². The van der Waals surface area contributed by atoms with Crippen molar-refractivity contribution in [3.63, 3.8) is 0 Å². The number of benzene rings is 1. The number of carbonyl (C=O) groups excluding carboxylic acids is 1. The van der Waals surface area contributed by atoms with Gasteiger partial charge in [0.25, 0.3) is 5.91 Å². The van der Waals surface area contributed by atoms with Crippen LogP contribution < -0.4 is 0 Å². The average molecular weight is 362 g/mol. The molecule has 2 aromatic heterocycles. The van der Waals surface area contributed by atoms with Crippen LogP contribution >= 0.6 is 0 Å². The maximum absolute atomic E-state index is 13.1. The lowest BCUT2D eigenvalue weighted by atomic mass is 10.0. The number of rotatable bonds is 3. The topological polar surface area (TPSA) is 60.2 Å². The fourth-order valence-electron chi connectivity index (χ4n) is 3.70. The number of ether oxygens (including phenoxy) is 1. The molecule has 3 aromatic rings. The Morgan fingerprint density at radius 1 is 1.11 bits per heavy atom. The summed E-state index contributed by atoms with van der Waals surface area (Å²) >= 11 is 0. The molecule has 1 amide bonds. The third kappa shape index (κ3) is 3.24. The van der Waals surface area contributed by atoms with Crippen LogP contribution in [0.3, 0.4) is 0 Å². The van der Waals surface area contributed by atoms with Gasteiger partial charge in [-0.2, -0.15) is 5.10 Å². The molecule has 1 aliphatic rings. The molecule has 0 saturated carbocycles. The molecule has 27 heavy (non-hydrogen) atoms. The zero-order valence-electron chi connectivity index (χ0n) is 15.5. The number of pyridine rings is 1. The van der Waals surface area contributed by atoms with Crippen molar-refractivity contribution in [2.24, 2.45) is 0 Å². The van der Waals surface area contributed by atoms with Crippen LogP contribution in [0.15, 0.2) is 54.9 Å². The molecule has 1 atom stereocenters. The summed E-state index contributed by atoms with van der Waals surface area (Å²) in [6.07, 6.45) is 3.29. The van der Waals surface area contributed by atoms with Gasteiger partial charge in [0.2, 0.25) is 0 Å². The minimum Gasteiger partial charge on any atom is -0.377 e. The van der Waals surface area contributed by atoms with E-state index >= 15 is 0 Å². The zero-order valence-corrected chi connectivity index (χ0v) is 15.5. The highest BCUT2D eigenvalue weighted by molar-refractivity contribution is 5.94. The predicted molar refractivity (Wildman–Crippen MR) is 102 cm³/mol. The van der Waals surface area contributed by atoms with Crippen LogP contribution in [0.5, 0.6) is 0 Å². The molecule has 0 bridgehead atoms. The minimum atomic E-state index is -0.156. The molecule has 1 saturated heterocycles. The van der Waals surface area contributed by atoms with Gasteiger partial charge in [0, 0.05) is 35.8 Å². The molecule has 138 valence electrons. The van der Waals surface area contributed by atoms with Gasteiger partial charge >= 0.3 is 0 Å². The molecule has 1 aliphatic heterocycles. The largest absolute Gasteiger partial charge is 0.377 e. The maximum atomic E-state index is 13.1. The Labute approximate surface area is 158 Å². The van der Waals surface area contributed by atoms with Crippen LogP contribution in [0.2, 0.25) is 0 Å². The predicted octanol–water partition coefficient (Wildman–Crippen LogP) is 3.10. The van der Waals surface area contributed by atoms with Gasteiger partial charge < -0.3 is 9.64 Å². The Kier molecular flexibility index (Phi) is 4.73. The van der Waals surface area contributed by atoms with Gasteiger partial charge in [0.15, 0.2) is 0 Å². The van der Waals surface area contributed by atoms with E-state index in [0.717, 1.165) is 22.6 Å². The molecule has 0 spiro atoms. The van der Waals surface area contributed by atoms with Crippen LogP contribution in [-0.2, 0) is 4.74 Å². The monoisotopic (exact) mass is 362 g/mol. The van der Waals surface area contributed by atoms with Crippen molar-refractivity contribution in [3.05, 3.63) is 77.4 Å². The molecular weight excluding hydrogens is 340 g/mol. The van der Waals surface area contributed by atoms with Gasteiger partial charge in [-0.15, -0.1) is 0 Å². The summed E-state index contributed by atoms with van der Waals surface area (Å²) in [4.78, 5) is 19.0. The number of aryl methyl sites for hydroxylation is 1. The highest BCUT2D eigenvalue weighted by Gasteiger charge is 2.33. The summed E-state index contributed by atoms with van der Waals surface area (Å²) < 4.78 is 7.67. The standard InChI is InChI=1S/C21H22N4O2/c1-15-20(16(2)25(23-15)18-6-4-3-5-7-18)19-14-27-13-12-24(19)21(26)17-8-10-22-11-9-17/h3-11,19H,12-14H2,1-2H3. The van der Waals surface area contributed by atoms with Crippen molar-refractivity contribution >= 4 is 5.91 Å². The molecule has 4 rings (SSSR count). The number of para-hydroxylation sites is 1. The number of aromatic nitrogens is 3. The molecular formula is C21H22N4O2. The fraction of sp³-hybridized carbons (Fsp3) is 0.286. The number of hydrogen-bond acceptors (Lipinski definition) is 4. The summed E-state index contributed by atoms with van der Waals surface area (Å²) in [5.41, 5.74) is 4.65. The Morgan fingerprint density at radius 3 is 2.59 bits per heavy atom. The minimum absolute atomic E-state index is 0.00281. The summed E-state index contributed by atoms with van der Waals surface area (Å²) in [5.74, 6) is -0.00281. The van der Waals surface area contributed by atoms with Crippen LogP contribution in [0.4, 0.5) is 0 Å². The third-order valence-corrected chi connectivity index (χ3v) is 5.00. The van der Waals surface area contributed by atoms with E-state index in [0.29, 0.717) is 25.3 Å². The maximum Gasteiger partial charge on any atom is 0.254 e. The van der Waals surface area contributed by atoms with E-state index in [1.54, 1.807) is 24.5 Å². The second-order valence-electron chi connectivity index (χ2n) is 6.66. The summed E-state index contributed by atoms with van der Waals surface area (Å²) in [6.45, 7) is 5.61. The normalized spacial score (nSPS) is 17.1. The molecule has 0 aliphatic carbocycles. The van der Waals surface area contributed by atoms with E-state index in [1.165, 1.54) is 0 Å². The number of carbonyl (C=O) groups is 1. The fourth-order valence-corrected chi connectivity index (χ4v) is 3.70. The van der Waals surface area contributed by atoms with E-state index in [-0.39, 0.29) is 11.9 Å². The molecule has 1 aromatic carbocycles. The Bertz CT molecular complexity index is 938. The molecule has 1 unspecified atom stereocenters. The lowest BCUT2D eigenvalue weighted by Crippen LogP contribution is -2.43. The number of morpholine rings is 1. The van der Waals surface area contributed by atoms with Gasteiger partial charge in [-0.3, -0.25) is 9.78 Å². The van der Waals surface area contributed by atoms with E-state index in [9.17, 15) is 4.79 Å². The van der Waals surface area contributed by atoms with Crippen LogP contribution in [-0.4, -0.2) is 45.3 Å². The highest BCUT2D eigenvalue weighted by atomic mass is 16.5. The van der Waals surface area contributed by atoms with Crippen LogP contribution in [0, 0.1) is 13.8 Å². The Morgan fingerprint density at radius 2 is 1.85 bits per heavy atom. The SMILES string of the molecule is Cc1nn(-c2ccccc2)c(C)c1C1COCCN1C(=O)c1ccncc1. The molecule has 0 N–H and O–H groups in total. The van der Waals surface area contributed by atoms with Gasteiger partial charge in [-0.25, -0.2) is 4.68 Å². The lowest BCUT2D eigenvalue weighted by Gasteiger charge is -2.36. The molecule has 0 radical (unpaired) electrons. The first-order chi connectivity index (χ1) is 13.2. The van der Waals surface area contributed by atoms with Crippen molar-refractivity contribution in [1.82, 2.24) is 19.7 Å². The van der Waals surface area contributed by atoms with Gasteiger partial charge in [0.1, 0.15) is 0 Å². The number of amides is 1. The smallest absolute Gasteiger partial charge is 0.254 e. The Hall–Kier alpha value is -2.99. The van der Waals surface area contributed by atoms with Gasteiger partial charge in [0.05, 0.1) is 30.6 Å².